The molecule has 1 amide bonds. The number of primary amides is 1. The number of nitrogens with zero attached hydrogens (tertiary/aromatic N) is 1. The summed E-state index contributed by atoms with van der Waals surface area (Å²) in [5.41, 5.74) is 5.37. The molecule has 98 valence electrons. The lowest BCUT2D eigenvalue weighted by Crippen LogP contribution is -2.49. The Hall–Kier alpha value is -0.910. The summed E-state index contributed by atoms with van der Waals surface area (Å²) in [6.07, 6.45) is 2.74. The predicted octanol–water partition coefficient (Wildman–Crippen LogP) is 1.92. The molecule has 2 N–H and O–H groups in total. The summed E-state index contributed by atoms with van der Waals surface area (Å²) in [5, 5.41) is 0. The van der Waals surface area contributed by atoms with Crippen LogP contribution in [0.15, 0.2) is 12.1 Å². The van der Waals surface area contributed by atoms with Gasteiger partial charge < -0.3 is 5.73 Å². The van der Waals surface area contributed by atoms with Crippen molar-refractivity contribution in [3.8, 4) is 0 Å². The number of Topliss-reactive ketones (excluding diaryl/α,β-unsaturated/α-hetero) is 1. The van der Waals surface area contributed by atoms with Crippen molar-refractivity contribution in [2.75, 3.05) is 13.1 Å². The van der Waals surface area contributed by atoms with Crippen molar-refractivity contribution in [2.24, 2.45) is 5.73 Å². The maximum Gasteiger partial charge on any atom is 0.234 e. The van der Waals surface area contributed by atoms with Gasteiger partial charge in [-0.2, -0.15) is 0 Å². The van der Waals surface area contributed by atoms with E-state index in [0.717, 1.165) is 25.8 Å². The number of halogens is 1. The van der Waals surface area contributed by atoms with E-state index < -0.39 is 0 Å². The van der Waals surface area contributed by atoms with E-state index in [2.05, 4.69) is 0 Å². The molecule has 1 unspecified atom stereocenters. The fraction of sp³-hybridized carbons (Fsp3) is 0.500. The monoisotopic (exact) mass is 286 g/mol. The van der Waals surface area contributed by atoms with Crippen LogP contribution in [0.2, 0.25) is 4.34 Å². The molecule has 0 aliphatic carbocycles. The molecule has 0 radical (unpaired) electrons. The van der Waals surface area contributed by atoms with Gasteiger partial charge in [-0.3, -0.25) is 14.5 Å². The number of hydrogen-bond acceptors (Lipinski definition) is 4. The molecule has 2 heterocycles. The molecule has 0 bridgehead atoms. The van der Waals surface area contributed by atoms with Crippen LogP contribution in [0.5, 0.6) is 0 Å². The highest BCUT2D eigenvalue weighted by Crippen LogP contribution is 2.23. The fourth-order valence-electron chi connectivity index (χ4n) is 2.23. The lowest BCUT2D eigenvalue weighted by atomic mass is 10.0. The Kier molecular flexibility index (Phi) is 4.37. The van der Waals surface area contributed by atoms with Gasteiger partial charge in [-0.25, -0.2) is 0 Å². The van der Waals surface area contributed by atoms with E-state index in [1.54, 1.807) is 12.1 Å². The molecule has 0 spiro atoms. The van der Waals surface area contributed by atoms with Crippen LogP contribution in [-0.4, -0.2) is 35.7 Å². The number of amides is 1. The maximum atomic E-state index is 12.1. The summed E-state index contributed by atoms with van der Waals surface area (Å²) in [5.74, 6) is -0.341. The number of hydrogen-bond donors (Lipinski definition) is 1. The molecule has 2 rings (SSSR count). The summed E-state index contributed by atoms with van der Waals surface area (Å²) >= 11 is 7.07. The number of rotatable bonds is 4. The molecular formula is C12H15ClN2O2S. The minimum absolute atomic E-state index is 0.0000463. The highest BCUT2D eigenvalue weighted by molar-refractivity contribution is 7.18. The third-order valence-electron chi connectivity index (χ3n) is 3.14. The number of ketones is 1. The summed E-state index contributed by atoms with van der Waals surface area (Å²) < 4.78 is 0.600. The number of thiophene rings is 1. The molecule has 1 aromatic rings. The zero-order valence-corrected chi connectivity index (χ0v) is 11.5. The van der Waals surface area contributed by atoms with E-state index in [0.29, 0.717) is 9.21 Å². The lowest BCUT2D eigenvalue weighted by Gasteiger charge is -2.32. The number of carbonyl (C=O) groups is 2. The van der Waals surface area contributed by atoms with Gasteiger partial charge in [0.15, 0.2) is 5.78 Å². The molecule has 6 heteroatoms. The van der Waals surface area contributed by atoms with Crippen molar-refractivity contribution in [1.82, 2.24) is 4.90 Å². The van der Waals surface area contributed by atoms with Crippen molar-refractivity contribution in [2.45, 2.75) is 25.3 Å². The Labute approximate surface area is 115 Å². The average Bonchev–Trinajstić information content (AvgIpc) is 2.76. The van der Waals surface area contributed by atoms with E-state index >= 15 is 0 Å². The first-order valence-electron chi connectivity index (χ1n) is 5.90. The van der Waals surface area contributed by atoms with E-state index in [4.69, 9.17) is 17.3 Å². The first kappa shape index (κ1) is 13.5. The number of nitrogens with two attached hydrogens (primary N) is 1. The van der Waals surface area contributed by atoms with Crippen LogP contribution >= 0.6 is 22.9 Å². The normalized spacial score (nSPS) is 20.8. The first-order valence-corrected chi connectivity index (χ1v) is 7.09. The highest BCUT2D eigenvalue weighted by Gasteiger charge is 2.28. The van der Waals surface area contributed by atoms with Crippen LogP contribution in [0.4, 0.5) is 0 Å². The van der Waals surface area contributed by atoms with Crippen LogP contribution in [0.25, 0.3) is 0 Å². The zero-order valence-electron chi connectivity index (χ0n) is 9.89. The Morgan fingerprint density at radius 2 is 2.22 bits per heavy atom. The highest BCUT2D eigenvalue weighted by atomic mass is 35.5. The molecule has 0 aromatic carbocycles. The molecule has 1 fully saturated rings. The predicted molar refractivity (Wildman–Crippen MR) is 72.1 cm³/mol. The van der Waals surface area contributed by atoms with Crippen LogP contribution in [0.3, 0.4) is 0 Å². The molecule has 1 aliphatic heterocycles. The lowest BCUT2D eigenvalue weighted by molar-refractivity contribution is -0.124. The fourth-order valence-corrected chi connectivity index (χ4v) is 3.20. The van der Waals surface area contributed by atoms with Gasteiger partial charge in [0.1, 0.15) is 0 Å². The Morgan fingerprint density at radius 3 is 2.83 bits per heavy atom. The quantitative estimate of drug-likeness (QED) is 0.860. The van der Waals surface area contributed by atoms with Gasteiger partial charge in [-0.05, 0) is 31.5 Å². The van der Waals surface area contributed by atoms with Crippen LogP contribution in [0.1, 0.15) is 28.9 Å². The molecule has 0 saturated carbocycles. The summed E-state index contributed by atoms with van der Waals surface area (Å²) in [4.78, 5) is 25.9. The molecule has 1 atom stereocenters. The topological polar surface area (TPSA) is 63.4 Å². The van der Waals surface area contributed by atoms with Crippen molar-refractivity contribution < 1.29 is 9.59 Å². The third-order valence-corrected chi connectivity index (χ3v) is 4.41. The smallest absolute Gasteiger partial charge is 0.234 e. The molecule has 1 aromatic heterocycles. The number of carbonyl (C=O) groups excluding carboxylic acids is 2. The van der Waals surface area contributed by atoms with Gasteiger partial charge in [0.2, 0.25) is 5.91 Å². The summed E-state index contributed by atoms with van der Waals surface area (Å²) in [6.45, 7) is 0.989. The van der Waals surface area contributed by atoms with Crippen LogP contribution in [0, 0.1) is 0 Å². The van der Waals surface area contributed by atoms with Crippen molar-refractivity contribution in [1.29, 1.82) is 0 Å². The molecule has 1 saturated heterocycles. The van der Waals surface area contributed by atoms with Gasteiger partial charge in [0.05, 0.1) is 21.8 Å². The SMILES string of the molecule is NC(=O)C1CCCCN1CC(=O)c1ccc(Cl)s1. The van der Waals surface area contributed by atoms with Crippen LogP contribution in [-0.2, 0) is 4.79 Å². The number of piperidine rings is 1. The maximum absolute atomic E-state index is 12.1. The molecule has 4 nitrogen and oxygen atoms in total. The van der Waals surface area contributed by atoms with Crippen molar-refractivity contribution in [3.63, 3.8) is 0 Å². The average molecular weight is 287 g/mol. The van der Waals surface area contributed by atoms with E-state index in [1.165, 1.54) is 11.3 Å². The van der Waals surface area contributed by atoms with Gasteiger partial charge in [-0.1, -0.05) is 18.0 Å². The largest absolute Gasteiger partial charge is 0.368 e. The Morgan fingerprint density at radius 1 is 1.44 bits per heavy atom. The van der Waals surface area contributed by atoms with Crippen molar-refractivity contribution >= 4 is 34.6 Å². The number of likely N-dealkylation sites (tertiary alicyclic amines) is 1. The zero-order chi connectivity index (χ0) is 13.1. The van der Waals surface area contributed by atoms with Gasteiger partial charge >= 0.3 is 0 Å². The third kappa shape index (κ3) is 3.10. The van der Waals surface area contributed by atoms with E-state index in [-0.39, 0.29) is 24.3 Å². The second-order valence-electron chi connectivity index (χ2n) is 4.41. The Bertz CT molecular complexity index is 461. The second kappa shape index (κ2) is 5.82. The minimum atomic E-state index is -0.341. The minimum Gasteiger partial charge on any atom is -0.368 e. The van der Waals surface area contributed by atoms with Gasteiger partial charge in [0.25, 0.3) is 0 Å². The van der Waals surface area contributed by atoms with Gasteiger partial charge in [-0.15, -0.1) is 11.3 Å². The van der Waals surface area contributed by atoms with E-state index in [9.17, 15) is 9.59 Å². The summed E-state index contributed by atoms with van der Waals surface area (Å²) in [7, 11) is 0. The summed E-state index contributed by atoms with van der Waals surface area (Å²) in [6, 6.07) is 3.12. The van der Waals surface area contributed by atoms with Crippen LogP contribution < -0.4 is 5.73 Å². The molecule has 18 heavy (non-hydrogen) atoms. The van der Waals surface area contributed by atoms with E-state index in [1.807, 2.05) is 4.90 Å². The molecule has 1 aliphatic rings. The van der Waals surface area contributed by atoms with Crippen molar-refractivity contribution in [3.05, 3.63) is 21.3 Å². The molecular weight excluding hydrogens is 272 g/mol. The Balaban J connectivity index is 2.03. The van der Waals surface area contributed by atoms with Gasteiger partial charge in [0, 0.05) is 0 Å². The second-order valence-corrected chi connectivity index (χ2v) is 6.13. The standard InChI is InChI=1S/C12H15ClN2O2S/c13-11-5-4-10(18-11)9(16)7-15-6-2-1-3-8(15)12(14)17/h4-5,8H,1-3,6-7H2,(H2,14,17). The first-order chi connectivity index (χ1) is 8.58.